The second kappa shape index (κ2) is 1.73. The van der Waals surface area contributed by atoms with E-state index < -0.39 is 0 Å². The van der Waals surface area contributed by atoms with Crippen LogP contribution in [0.3, 0.4) is 0 Å². The van der Waals surface area contributed by atoms with E-state index >= 15 is 0 Å². The first-order valence-corrected chi connectivity index (χ1v) is 1.91. The van der Waals surface area contributed by atoms with Gasteiger partial charge in [0.05, 0.1) is 0 Å². The minimum absolute atomic E-state index is 0.509. The second-order valence-electron chi connectivity index (χ2n) is 1.13. The van der Waals surface area contributed by atoms with Crippen LogP contribution in [-0.2, 0) is 0 Å². The van der Waals surface area contributed by atoms with E-state index in [4.69, 9.17) is 7.85 Å². The van der Waals surface area contributed by atoms with Crippen molar-refractivity contribution < 1.29 is 0 Å². The Kier molecular flexibility index (Phi) is 1.07. The van der Waals surface area contributed by atoms with Crippen molar-refractivity contribution in [3.05, 3.63) is 18.6 Å². The van der Waals surface area contributed by atoms with Gasteiger partial charge in [-0.2, -0.15) is 0 Å². The average molecular weight is 89.9 g/mol. The summed E-state index contributed by atoms with van der Waals surface area (Å²) < 4.78 is 0. The van der Waals surface area contributed by atoms with Crippen LogP contribution in [0.1, 0.15) is 0 Å². The van der Waals surface area contributed by atoms with E-state index in [9.17, 15) is 0 Å². The molecule has 0 fully saturated rings. The third-order valence-electron chi connectivity index (χ3n) is 0.605. The van der Waals surface area contributed by atoms with E-state index in [0.717, 1.165) is 0 Å². The first-order valence-electron chi connectivity index (χ1n) is 1.91. The van der Waals surface area contributed by atoms with Crippen LogP contribution in [0, 0.1) is 0 Å². The highest BCUT2D eigenvalue weighted by molar-refractivity contribution is 6.30. The van der Waals surface area contributed by atoms with Gasteiger partial charge in [0.15, 0.2) is 0 Å². The quantitative estimate of drug-likeness (QED) is 0.392. The molecule has 0 saturated heterocycles. The Bertz CT molecular complexity index is 140. The lowest BCUT2D eigenvalue weighted by molar-refractivity contribution is 1.20. The fourth-order valence-electron chi connectivity index (χ4n) is 0.301. The number of rotatable bonds is 0. The lowest BCUT2D eigenvalue weighted by Crippen LogP contribution is -2.05. The summed E-state index contributed by atoms with van der Waals surface area (Å²) in [4.78, 5) is 7.30. The maximum absolute atomic E-state index is 5.21. The highest BCUT2D eigenvalue weighted by Crippen LogP contribution is 1.62. The Hall–Kier alpha value is -0.855. The maximum atomic E-state index is 5.21. The lowest BCUT2D eigenvalue weighted by atomic mass is 10.1. The first kappa shape index (κ1) is 4.31. The first-order chi connectivity index (χ1) is 3.39. The van der Waals surface area contributed by atoms with Crippen LogP contribution in [0.2, 0.25) is 0 Å². The summed E-state index contributed by atoms with van der Waals surface area (Å²) in [5, 5.41) is 0. The predicted octanol–water partition coefficient (Wildman–Crippen LogP) is -0.730. The van der Waals surface area contributed by atoms with Crippen LogP contribution in [0.5, 0.6) is 0 Å². The average Bonchev–Trinajstić information content (AvgIpc) is 1.69. The molecule has 1 aromatic heterocycles. The molecule has 1 rings (SSSR count). The molecule has 0 aliphatic rings. The van der Waals surface area contributed by atoms with E-state index in [0.29, 0.717) is 5.59 Å². The van der Waals surface area contributed by atoms with Crippen LogP contribution in [0.15, 0.2) is 18.6 Å². The molecule has 0 unspecified atom stereocenters. The molecule has 3 heteroatoms. The summed E-state index contributed by atoms with van der Waals surface area (Å²) in [6, 6.07) is 1.64. The third-order valence-corrected chi connectivity index (χ3v) is 0.605. The van der Waals surface area contributed by atoms with Gasteiger partial charge in [0.25, 0.3) is 0 Å². The summed E-state index contributed by atoms with van der Waals surface area (Å²) in [5.74, 6) is 0. The Labute approximate surface area is 43.0 Å². The van der Waals surface area contributed by atoms with Gasteiger partial charge in [0, 0.05) is 6.20 Å². The summed E-state index contributed by atoms with van der Waals surface area (Å²) in [7, 11) is 5.21. The molecule has 2 nitrogen and oxygen atoms in total. The molecule has 0 saturated carbocycles. The predicted molar refractivity (Wildman–Crippen MR) is 27.4 cm³/mol. The van der Waals surface area contributed by atoms with Gasteiger partial charge in [-0.25, -0.2) is 4.98 Å². The van der Waals surface area contributed by atoms with Crippen molar-refractivity contribution >= 4 is 13.4 Å². The number of nitrogens with zero attached hydrogens (tertiary/aromatic N) is 2. The van der Waals surface area contributed by atoms with Crippen LogP contribution >= 0.6 is 0 Å². The van der Waals surface area contributed by atoms with Crippen molar-refractivity contribution in [2.75, 3.05) is 0 Å². The van der Waals surface area contributed by atoms with E-state index in [1.54, 1.807) is 12.3 Å². The molecular formula is C4H3BN2. The van der Waals surface area contributed by atoms with Crippen molar-refractivity contribution in [1.82, 2.24) is 9.97 Å². The zero-order valence-corrected chi connectivity index (χ0v) is 3.70. The van der Waals surface area contributed by atoms with E-state index in [1.807, 2.05) is 0 Å². The number of hydrogen-bond acceptors (Lipinski definition) is 2. The zero-order chi connectivity index (χ0) is 5.11. The van der Waals surface area contributed by atoms with Crippen LogP contribution in [-0.4, -0.2) is 17.8 Å². The molecule has 0 N–H and O–H groups in total. The van der Waals surface area contributed by atoms with Crippen LogP contribution < -0.4 is 5.59 Å². The summed E-state index contributed by atoms with van der Waals surface area (Å²) in [5.41, 5.74) is 0.509. The maximum Gasteiger partial charge on any atom is 0.141 e. The number of aromatic nitrogens is 2. The minimum Gasteiger partial charge on any atom is -0.253 e. The molecule has 0 aliphatic heterocycles. The molecule has 0 bridgehead atoms. The highest BCUT2D eigenvalue weighted by Gasteiger charge is 1.74. The zero-order valence-electron chi connectivity index (χ0n) is 3.70. The minimum atomic E-state index is 0.509. The van der Waals surface area contributed by atoms with Gasteiger partial charge in [-0.15, -0.1) is 0 Å². The summed E-state index contributed by atoms with van der Waals surface area (Å²) >= 11 is 0. The van der Waals surface area contributed by atoms with Crippen molar-refractivity contribution in [3.8, 4) is 0 Å². The van der Waals surface area contributed by atoms with E-state index in [-0.39, 0.29) is 0 Å². The molecule has 0 amide bonds. The van der Waals surface area contributed by atoms with Crippen molar-refractivity contribution in [2.45, 2.75) is 0 Å². The van der Waals surface area contributed by atoms with Gasteiger partial charge in [-0.1, -0.05) is 0 Å². The normalized spacial score (nSPS) is 8.57. The van der Waals surface area contributed by atoms with E-state index in [2.05, 4.69) is 9.97 Å². The van der Waals surface area contributed by atoms with Gasteiger partial charge >= 0.3 is 0 Å². The summed E-state index contributed by atoms with van der Waals surface area (Å²) in [6.07, 6.45) is 3.01. The van der Waals surface area contributed by atoms with E-state index in [1.165, 1.54) is 6.33 Å². The van der Waals surface area contributed by atoms with Gasteiger partial charge in [0.1, 0.15) is 14.2 Å². The van der Waals surface area contributed by atoms with Crippen LogP contribution in [0.4, 0.5) is 0 Å². The molecule has 1 heterocycles. The summed E-state index contributed by atoms with van der Waals surface area (Å²) in [6.45, 7) is 0. The van der Waals surface area contributed by atoms with Gasteiger partial charge in [-0.05, 0) is 11.7 Å². The molecular weight excluding hydrogens is 86.9 g/mol. The lowest BCUT2D eigenvalue weighted by Gasteiger charge is -1.82. The fourth-order valence-corrected chi connectivity index (χ4v) is 0.301. The molecule has 2 radical (unpaired) electrons. The second-order valence-corrected chi connectivity index (χ2v) is 1.13. The highest BCUT2D eigenvalue weighted by atomic mass is 14.8. The molecule has 7 heavy (non-hydrogen) atoms. The Morgan fingerprint density at radius 3 is 2.71 bits per heavy atom. The van der Waals surface area contributed by atoms with Gasteiger partial charge in [0.2, 0.25) is 0 Å². The topological polar surface area (TPSA) is 25.8 Å². The number of hydrogen-bond donors (Lipinski definition) is 0. The largest absolute Gasteiger partial charge is 0.253 e. The smallest absolute Gasteiger partial charge is 0.141 e. The van der Waals surface area contributed by atoms with Gasteiger partial charge in [-0.3, -0.25) is 4.98 Å². The van der Waals surface area contributed by atoms with Crippen molar-refractivity contribution in [3.63, 3.8) is 0 Å². The standard InChI is InChI=1S/C4H3BN2/c5-4-1-2-6-3-7-4/h1-3H. The van der Waals surface area contributed by atoms with Crippen LogP contribution in [0.25, 0.3) is 0 Å². The molecule has 0 aliphatic carbocycles. The molecule has 0 spiro atoms. The Morgan fingerprint density at radius 2 is 2.43 bits per heavy atom. The van der Waals surface area contributed by atoms with Gasteiger partial charge < -0.3 is 0 Å². The Morgan fingerprint density at radius 1 is 1.57 bits per heavy atom. The van der Waals surface area contributed by atoms with Crippen molar-refractivity contribution in [2.24, 2.45) is 0 Å². The van der Waals surface area contributed by atoms with Crippen molar-refractivity contribution in [1.29, 1.82) is 0 Å². The fraction of sp³-hybridized carbons (Fsp3) is 0. The monoisotopic (exact) mass is 90.0 g/mol. The molecule has 0 atom stereocenters. The molecule has 32 valence electrons. The third kappa shape index (κ3) is 0.997. The molecule has 0 aromatic carbocycles. The molecule has 1 aromatic rings. The SMILES string of the molecule is [B]c1ccncn1. The Balaban J connectivity index is 3.02.